The van der Waals surface area contributed by atoms with E-state index in [9.17, 15) is 0 Å². The van der Waals surface area contributed by atoms with Gasteiger partial charge in [-0.25, -0.2) is 0 Å². The van der Waals surface area contributed by atoms with Crippen molar-refractivity contribution in [2.75, 3.05) is 0 Å². The van der Waals surface area contributed by atoms with Crippen molar-refractivity contribution < 1.29 is 0 Å². The first-order valence-corrected chi connectivity index (χ1v) is 7.55. The van der Waals surface area contributed by atoms with Crippen LogP contribution in [0.4, 0.5) is 0 Å². The largest absolute Gasteiger partial charge is 0.311 e. The molecule has 0 aromatic heterocycles. The maximum Gasteiger partial charge on any atom is 0.00748 e. The van der Waals surface area contributed by atoms with Crippen molar-refractivity contribution in [2.24, 2.45) is 29.6 Å². The fourth-order valence-electron chi connectivity index (χ4n) is 5.52. The first-order valence-electron chi connectivity index (χ1n) is 7.55. The van der Waals surface area contributed by atoms with E-state index in [1.807, 2.05) is 0 Å². The summed E-state index contributed by atoms with van der Waals surface area (Å²) in [5.74, 6) is 5.49. The van der Waals surface area contributed by atoms with Crippen LogP contribution in [0.1, 0.15) is 51.9 Å². The highest BCUT2D eigenvalue weighted by molar-refractivity contribution is 5.01. The van der Waals surface area contributed by atoms with Crippen LogP contribution >= 0.6 is 0 Å². The monoisotopic (exact) mass is 219 g/mol. The smallest absolute Gasteiger partial charge is 0.00748 e. The molecule has 90 valence electrons. The number of rotatable bonds is 3. The Morgan fingerprint density at radius 2 is 1.44 bits per heavy atom. The molecular weight excluding hydrogens is 194 g/mol. The molecule has 1 atom stereocenters. The summed E-state index contributed by atoms with van der Waals surface area (Å²) < 4.78 is 0. The van der Waals surface area contributed by atoms with Crippen molar-refractivity contribution in [3.8, 4) is 0 Å². The molecule has 0 aromatic rings. The summed E-state index contributed by atoms with van der Waals surface area (Å²) in [5, 5.41) is 3.88. The van der Waals surface area contributed by atoms with Crippen molar-refractivity contribution >= 4 is 0 Å². The second-order valence-electron chi connectivity index (χ2n) is 7.24. The van der Waals surface area contributed by atoms with Gasteiger partial charge in [0.05, 0.1) is 0 Å². The van der Waals surface area contributed by atoms with E-state index in [2.05, 4.69) is 12.2 Å². The highest BCUT2D eigenvalue weighted by Crippen LogP contribution is 2.57. The summed E-state index contributed by atoms with van der Waals surface area (Å²) in [5.41, 5.74) is 0. The van der Waals surface area contributed by atoms with Gasteiger partial charge in [-0.1, -0.05) is 0 Å². The standard InChI is InChI=1S/C15H25N/c1-9(16-14-2-3-14)15-12-5-10-4-11(7-12)8-13(15)6-10/h9-16H,2-8H2,1H3. The van der Waals surface area contributed by atoms with Crippen LogP contribution in [-0.4, -0.2) is 12.1 Å². The Hall–Kier alpha value is -0.0400. The van der Waals surface area contributed by atoms with Gasteiger partial charge in [0.2, 0.25) is 0 Å². The predicted octanol–water partition coefficient (Wildman–Crippen LogP) is 3.20. The fourth-order valence-corrected chi connectivity index (χ4v) is 5.52. The molecule has 0 heterocycles. The number of nitrogens with one attached hydrogen (secondary N) is 1. The van der Waals surface area contributed by atoms with Gasteiger partial charge >= 0.3 is 0 Å². The van der Waals surface area contributed by atoms with Gasteiger partial charge in [-0.15, -0.1) is 0 Å². The average molecular weight is 219 g/mol. The zero-order valence-corrected chi connectivity index (χ0v) is 10.5. The van der Waals surface area contributed by atoms with Gasteiger partial charge in [0.15, 0.2) is 0 Å². The van der Waals surface area contributed by atoms with E-state index < -0.39 is 0 Å². The number of hydrogen-bond acceptors (Lipinski definition) is 1. The molecule has 4 bridgehead atoms. The Balaban J connectivity index is 1.50. The van der Waals surface area contributed by atoms with E-state index in [1.54, 1.807) is 32.1 Å². The third-order valence-corrected chi connectivity index (χ3v) is 5.95. The highest BCUT2D eigenvalue weighted by atomic mass is 15.0. The molecule has 5 fully saturated rings. The first-order chi connectivity index (χ1) is 7.79. The summed E-state index contributed by atoms with van der Waals surface area (Å²) in [6.45, 7) is 2.48. The molecule has 5 aliphatic rings. The van der Waals surface area contributed by atoms with Crippen molar-refractivity contribution in [1.82, 2.24) is 5.32 Å². The van der Waals surface area contributed by atoms with Gasteiger partial charge in [0, 0.05) is 12.1 Å². The lowest BCUT2D eigenvalue weighted by molar-refractivity contribution is -0.0494. The molecule has 5 saturated carbocycles. The molecule has 5 rings (SSSR count). The van der Waals surface area contributed by atoms with Gasteiger partial charge in [0.1, 0.15) is 0 Å². The summed E-state index contributed by atoms with van der Waals surface area (Å²) in [6.07, 6.45) is 10.8. The Labute approximate surface area is 99.4 Å². The van der Waals surface area contributed by atoms with E-state index in [1.165, 1.54) is 12.8 Å². The summed E-state index contributed by atoms with van der Waals surface area (Å²) in [4.78, 5) is 0. The topological polar surface area (TPSA) is 12.0 Å². The zero-order valence-electron chi connectivity index (χ0n) is 10.5. The molecule has 0 radical (unpaired) electrons. The summed E-state index contributed by atoms with van der Waals surface area (Å²) in [6, 6.07) is 1.70. The van der Waals surface area contributed by atoms with Gasteiger partial charge in [0.25, 0.3) is 0 Å². The molecule has 0 spiro atoms. The van der Waals surface area contributed by atoms with Crippen LogP contribution in [0.2, 0.25) is 0 Å². The fraction of sp³-hybridized carbons (Fsp3) is 1.00. The molecule has 0 aliphatic heterocycles. The number of hydrogen-bond donors (Lipinski definition) is 1. The second kappa shape index (κ2) is 3.48. The van der Waals surface area contributed by atoms with Crippen molar-refractivity contribution in [1.29, 1.82) is 0 Å². The van der Waals surface area contributed by atoms with Crippen LogP contribution in [0.3, 0.4) is 0 Å². The van der Waals surface area contributed by atoms with Gasteiger partial charge in [-0.05, 0) is 81.5 Å². The normalized spacial score (nSPS) is 51.9. The van der Waals surface area contributed by atoms with E-state index in [0.717, 1.165) is 41.7 Å². The van der Waals surface area contributed by atoms with Crippen LogP contribution in [0.25, 0.3) is 0 Å². The second-order valence-corrected chi connectivity index (χ2v) is 7.24. The molecule has 5 aliphatic carbocycles. The van der Waals surface area contributed by atoms with Crippen molar-refractivity contribution in [3.63, 3.8) is 0 Å². The Morgan fingerprint density at radius 3 is 1.94 bits per heavy atom. The summed E-state index contributed by atoms with van der Waals surface area (Å²) >= 11 is 0. The van der Waals surface area contributed by atoms with Gasteiger partial charge < -0.3 is 5.32 Å². The molecule has 0 amide bonds. The van der Waals surface area contributed by atoms with Crippen LogP contribution in [0, 0.1) is 29.6 Å². The molecule has 0 aromatic carbocycles. The lowest BCUT2D eigenvalue weighted by Gasteiger charge is -2.56. The van der Waals surface area contributed by atoms with Crippen molar-refractivity contribution in [2.45, 2.75) is 64.0 Å². The molecular formula is C15H25N. The van der Waals surface area contributed by atoms with Crippen LogP contribution in [0.5, 0.6) is 0 Å². The highest BCUT2D eigenvalue weighted by Gasteiger charge is 2.49. The Morgan fingerprint density at radius 1 is 0.875 bits per heavy atom. The van der Waals surface area contributed by atoms with E-state index in [-0.39, 0.29) is 0 Å². The minimum absolute atomic E-state index is 0.808. The third kappa shape index (κ3) is 1.54. The SMILES string of the molecule is CC(NC1CC1)C1C2CC3CC(C2)CC1C3. The maximum atomic E-state index is 3.88. The Bertz CT molecular complexity index is 253. The van der Waals surface area contributed by atoms with Gasteiger partial charge in [-0.3, -0.25) is 0 Å². The minimum Gasteiger partial charge on any atom is -0.311 e. The lowest BCUT2D eigenvalue weighted by atomic mass is 9.50. The molecule has 0 saturated heterocycles. The molecule has 16 heavy (non-hydrogen) atoms. The molecule has 1 nitrogen and oxygen atoms in total. The summed E-state index contributed by atoms with van der Waals surface area (Å²) in [7, 11) is 0. The van der Waals surface area contributed by atoms with E-state index >= 15 is 0 Å². The maximum absolute atomic E-state index is 3.88. The molecule has 1 heteroatoms. The van der Waals surface area contributed by atoms with Crippen molar-refractivity contribution in [3.05, 3.63) is 0 Å². The Kier molecular flexibility index (Phi) is 2.16. The molecule has 1 unspecified atom stereocenters. The van der Waals surface area contributed by atoms with Gasteiger partial charge in [-0.2, -0.15) is 0 Å². The van der Waals surface area contributed by atoms with E-state index in [0.29, 0.717) is 0 Å². The quantitative estimate of drug-likeness (QED) is 0.768. The van der Waals surface area contributed by atoms with Crippen LogP contribution < -0.4 is 5.32 Å². The first kappa shape index (κ1) is 9.94. The van der Waals surface area contributed by atoms with Crippen LogP contribution in [-0.2, 0) is 0 Å². The van der Waals surface area contributed by atoms with E-state index in [4.69, 9.17) is 0 Å². The molecule has 1 N–H and O–H groups in total. The average Bonchev–Trinajstić information content (AvgIpc) is 2.99. The minimum atomic E-state index is 0.808. The lowest BCUT2D eigenvalue weighted by Crippen LogP contribution is -2.52. The van der Waals surface area contributed by atoms with Crippen LogP contribution in [0.15, 0.2) is 0 Å². The predicted molar refractivity (Wildman–Crippen MR) is 66.2 cm³/mol. The third-order valence-electron chi connectivity index (χ3n) is 5.95. The zero-order chi connectivity index (χ0) is 10.7.